The van der Waals surface area contributed by atoms with Crippen LogP contribution in [0.4, 0.5) is 0 Å². The Labute approximate surface area is 122 Å². The highest BCUT2D eigenvalue weighted by molar-refractivity contribution is 5.92. The molecule has 0 aliphatic heterocycles. The summed E-state index contributed by atoms with van der Waals surface area (Å²) in [5.74, 6) is -0.421. The van der Waals surface area contributed by atoms with E-state index in [4.69, 9.17) is 5.73 Å². The first kappa shape index (κ1) is 13.8. The van der Waals surface area contributed by atoms with Crippen molar-refractivity contribution in [1.29, 1.82) is 0 Å². The Bertz CT molecular complexity index is 609. The van der Waals surface area contributed by atoms with Gasteiger partial charge >= 0.3 is 0 Å². The zero-order valence-corrected chi connectivity index (χ0v) is 11.5. The molecule has 1 aliphatic carbocycles. The van der Waals surface area contributed by atoms with Crippen molar-refractivity contribution in [2.45, 2.75) is 31.2 Å². The first-order chi connectivity index (χ1) is 10.1. The average molecular weight is 286 g/mol. The van der Waals surface area contributed by atoms with Gasteiger partial charge in [-0.25, -0.2) is 0 Å². The molecule has 0 spiro atoms. The van der Waals surface area contributed by atoms with Crippen molar-refractivity contribution in [3.63, 3.8) is 0 Å². The van der Waals surface area contributed by atoms with Gasteiger partial charge in [0.2, 0.25) is 5.91 Å². The lowest BCUT2D eigenvalue weighted by Gasteiger charge is -2.42. The van der Waals surface area contributed by atoms with E-state index in [1.54, 1.807) is 23.0 Å². The van der Waals surface area contributed by atoms with Gasteiger partial charge in [-0.1, -0.05) is 12.1 Å². The summed E-state index contributed by atoms with van der Waals surface area (Å²) in [6.45, 7) is 0.675. The van der Waals surface area contributed by atoms with E-state index in [1.807, 2.05) is 24.4 Å². The lowest BCUT2D eigenvalue weighted by Crippen LogP contribution is -2.54. The van der Waals surface area contributed by atoms with E-state index < -0.39 is 5.91 Å². The maximum absolute atomic E-state index is 11.0. The lowest BCUT2D eigenvalue weighted by atomic mass is 9.83. The number of nitrogens with two attached hydrogens (primary N) is 1. The molecule has 1 amide bonds. The molecule has 6 heteroatoms. The summed E-state index contributed by atoms with van der Waals surface area (Å²) in [7, 11) is 0. The highest BCUT2D eigenvalue weighted by Crippen LogP contribution is 2.32. The predicted molar refractivity (Wildman–Crippen MR) is 77.5 cm³/mol. The Hall–Kier alpha value is -2.18. The fourth-order valence-corrected chi connectivity index (χ4v) is 2.67. The van der Waals surface area contributed by atoms with E-state index in [1.165, 1.54) is 0 Å². The van der Waals surface area contributed by atoms with Crippen LogP contribution in [0.1, 0.15) is 28.4 Å². The number of aliphatic hydroxyl groups excluding tert-OH is 1. The minimum Gasteiger partial charge on any atom is -0.391 e. The minimum atomic E-state index is -0.421. The van der Waals surface area contributed by atoms with Gasteiger partial charge in [-0.15, -0.1) is 0 Å². The summed E-state index contributed by atoms with van der Waals surface area (Å²) in [4.78, 5) is 11.0. The molecule has 2 aromatic rings. The molecule has 0 bridgehead atoms. The quantitative estimate of drug-likeness (QED) is 0.744. The third-order valence-electron chi connectivity index (χ3n) is 3.94. The molecule has 1 aromatic carbocycles. The number of carbonyl (C=O) groups is 1. The number of rotatable bonds is 5. The summed E-state index contributed by atoms with van der Waals surface area (Å²) in [5.41, 5.74) is 6.79. The van der Waals surface area contributed by atoms with Gasteiger partial charge < -0.3 is 16.2 Å². The van der Waals surface area contributed by atoms with Crippen molar-refractivity contribution < 1.29 is 9.90 Å². The van der Waals surface area contributed by atoms with E-state index in [0.29, 0.717) is 18.5 Å². The predicted octanol–water partition coefficient (Wildman–Crippen LogP) is 0.446. The average Bonchev–Trinajstić information content (AvgIpc) is 2.97. The maximum atomic E-state index is 11.0. The molecular formula is C15H18N4O2. The lowest BCUT2D eigenvalue weighted by molar-refractivity contribution is -0.00822. The highest BCUT2D eigenvalue weighted by atomic mass is 16.3. The normalized spacial score (nSPS) is 24.5. The number of benzene rings is 1. The molecular weight excluding hydrogens is 268 g/mol. The number of aliphatic hydroxyl groups is 1. The van der Waals surface area contributed by atoms with Gasteiger partial charge in [0.25, 0.3) is 0 Å². The van der Waals surface area contributed by atoms with Crippen LogP contribution in [-0.4, -0.2) is 32.9 Å². The molecule has 1 aromatic heterocycles. The fraction of sp³-hybridized carbons (Fsp3) is 0.333. The maximum Gasteiger partial charge on any atom is 0.248 e. The van der Waals surface area contributed by atoms with E-state index >= 15 is 0 Å². The van der Waals surface area contributed by atoms with Gasteiger partial charge in [-0.05, 0) is 30.2 Å². The number of amides is 1. The number of hydrogen-bond acceptors (Lipinski definition) is 4. The zero-order chi connectivity index (χ0) is 14.8. The van der Waals surface area contributed by atoms with Crippen molar-refractivity contribution in [2.75, 3.05) is 0 Å². The Morgan fingerprint density at radius 1 is 1.43 bits per heavy atom. The van der Waals surface area contributed by atoms with Crippen LogP contribution in [0, 0.1) is 0 Å². The van der Waals surface area contributed by atoms with Crippen LogP contribution in [-0.2, 0) is 6.54 Å². The molecule has 1 fully saturated rings. The molecule has 0 saturated heterocycles. The van der Waals surface area contributed by atoms with Crippen LogP contribution in [0.5, 0.6) is 0 Å². The second kappa shape index (κ2) is 5.67. The van der Waals surface area contributed by atoms with Crippen molar-refractivity contribution in [3.05, 3.63) is 53.9 Å². The number of nitrogens with one attached hydrogen (secondary N) is 1. The van der Waals surface area contributed by atoms with Crippen LogP contribution >= 0.6 is 0 Å². The summed E-state index contributed by atoms with van der Waals surface area (Å²) < 4.78 is 1.79. The van der Waals surface area contributed by atoms with Gasteiger partial charge in [-0.2, -0.15) is 5.10 Å². The molecule has 4 N–H and O–H groups in total. The number of hydrogen-bond donors (Lipinski definition) is 3. The third kappa shape index (κ3) is 2.81. The van der Waals surface area contributed by atoms with E-state index in [2.05, 4.69) is 10.4 Å². The first-order valence-electron chi connectivity index (χ1n) is 6.94. The molecule has 3 rings (SSSR count). The monoisotopic (exact) mass is 286 g/mol. The Balaban J connectivity index is 1.59. The minimum absolute atomic E-state index is 0.0232. The summed E-state index contributed by atoms with van der Waals surface area (Å²) in [5, 5.41) is 17.5. The molecule has 0 unspecified atom stereocenters. The third-order valence-corrected chi connectivity index (χ3v) is 3.94. The SMILES string of the molecule is NC(=O)c1ccc(CN[C@H]2C[C@@H](O)[C@@H]2n2cccn2)cc1. The molecule has 6 nitrogen and oxygen atoms in total. The van der Waals surface area contributed by atoms with E-state index in [9.17, 15) is 9.90 Å². The second-order valence-electron chi connectivity index (χ2n) is 5.33. The van der Waals surface area contributed by atoms with Crippen LogP contribution in [0.15, 0.2) is 42.7 Å². The molecule has 21 heavy (non-hydrogen) atoms. The first-order valence-corrected chi connectivity index (χ1v) is 6.94. The second-order valence-corrected chi connectivity index (χ2v) is 5.33. The molecule has 0 radical (unpaired) electrons. The van der Waals surface area contributed by atoms with Crippen LogP contribution in [0.2, 0.25) is 0 Å². The zero-order valence-electron chi connectivity index (χ0n) is 11.5. The molecule has 1 heterocycles. The number of primary amides is 1. The smallest absolute Gasteiger partial charge is 0.248 e. The van der Waals surface area contributed by atoms with Crippen molar-refractivity contribution >= 4 is 5.91 Å². The number of nitrogens with zero attached hydrogens (tertiary/aromatic N) is 2. The van der Waals surface area contributed by atoms with Crippen molar-refractivity contribution in [2.24, 2.45) is 5.73 Å². The van der Waals surface area contributed by atoms with Crippen LogP contribution in [0.3, 0.4) is 0 Å². The molecule has 110 valence electrons. The molecule has 1 aliphatic rings. The largest absolute Gasteiger partial charge is 0.391 e. The van der Waals surface area contributed by atoms with Crippen molar-refractivity contribution in [3.8, 4) is 0 Å². The Morgan fingerprint density at radius 2 is 2.19 bits per heavy atom. The summed E-state index contributed by atoms with van der Waals surface area (Å²) in [6.07, 6.45) is 3.93. The topological polar surface area (TPSA) is 93.2 Å². The van der Waals surface area contributed by atoms with Gasteiger partial charge in [0.15, 0.2) is 0 Å². The van der Waals surface area contributed by atoms with Gasteiger partial charge in [0, 0.05) is 30.5 Å². The van der Waals surface area contributed by atoms with Gasteiger partial charge in [-0.3, -0.25) is 9.48 Å². The summed E-state index contributed by atoms with van der Waals surface area (Å²) >= 11 is 0. The standard InChI is InChI=1S/C15H18N4O2/c16-15(21)11-4-2-10(3-5-11)9-17-12-8-13(20)14(12)19-7-1-6-18-19/h1-7,12-14,17,20H,8-9H2,(H2,16,21)/t12-,13+,14+/m0/s1. The van der Waals surface area contributed by atoms with Crippen LogP contribution in [0.25, 0.3) is 0 Å². The van der Waals surface area contributed by atoms with Gasteiger partial charge in [0.05, 0.1) is 12.1 Å². The Kier molecular flexibility index (Phi) is 3.72. The van der Waals surface area contributed by atoms with E-state index in [0.717, 1.165) is 5.56 Å². The molecule has 3 atom stereocenters. The van der Waals surface area contributed by atoms with Crippen LogP contribution < -0.4 is 11.1 Å². The summed E-state index contributed by atoms with van der Waals surface area (Å²) in [6, 6.07) is 9.22. The van der Waals surface area contributed by atoms with E-state index in [-0.39, 0.29) is 18.2 Å². The fourth-order valence-electron chi connectivity index (χ4n) is 2.67. The highest BCUT2D eigenvalue weighted by Gasteiger charge is 2.41. The molecule has 1 saturated carbocycles. The van der Waals surface area contributed by atoms with Gasteiger partial charge in [0.1, 0.15) is 0 Å². The number of aromatic nitrogens is 2. The van der Waals surface area contributed by atoms with Crippen molar-refractivity contribution in [1.82, 2.24) is 15.1 Å². The Morgan fingerprint density at radius 3 is 2.76 bits per heavy atom. The number of carbonyl (C=O) groups excluding carboxylic acids is 1.